The molecule has 0 heterocycles. The number of carbonyl (C=O) groups is 2. The summed E-state index contributed by atoms with van der Waals surface area (Å²) in [5.41, 5.74) is 6.30. The Bertz CT molecular complexity index is 482. The quantitative estimate of drug-likeness (QED) is 0.461. The van der Waals surface area contributed by atoms with Crippen LogP contribution in [0, 0.1) is 3.57 Å². The average molecular weight is 406 g/mol. The van der Waals surface area contributed by atoms with E-state index in [0.29, 0.717) is 19.6 Å². The smallest absolute Gasteiger partial charge is 0.246 e. The number of hydrogen-bond acceptors (Lipinski definition) is 4. The van der Waals surface area contributed by atoms with Gasteiger partial charge in [-0.05, 0) is 34.2 Å². The molecule has 116 valence electrons. The summed E-state index contributed by atoms with van der Waals surface area (Å²) in [7, 11) is 1.55. The molecule has 2 amide bonds. The van der Waals surface area contributed by atoms with Gasteiger partial charge in [0.2, 0.25) is 11.8 Å². The molecular weight excluding hydrogens is 387 g/mol. The van der Waals surface area contributed by atoms with Crippen LogP contribution in [0.3, 0.4) is 0 Å². The van der Waals surface area contributed by atoms with Gasteiger partial charge in [-0.1, -0.05) is 18.2 Å². The highest BCUT2D eigenvalue weighted by Crippen LogP contribution is 2.13. The highest BCUT2D eigenvalue weighted by Gasteiger charge is 2.19. The van der Waals surface area contributed by atoms with Crippen LogP contribution in [0.2, 0.25) is 0 Å². The summed E-state index contributed by atoms with van der Waals surface area (Å²) < 4.78 is 10.9. The van der Waals surface area contributed by atoms with Crippen LogP contribution in [0.4, 0.5) is 0 Å². The number of nitrogens with two attached hydrogens (primary N) is 1. The second-order valence-electron chi connectivity index (χ2n) is 4.36. The minimum absolute atomic E-state index is 0.126. The van der Waals surface area contributed by atoms with Gasteiger partial charge in [-0.25, -0.2) is 0 Å². The summed E-state index contributed by atoms with van der Waals surface area (Å²) in [6, 6.07) is 6.88. The SMILES string of the molecule is COCCOCC(=O)N[C@@H](Cc1ccccc1I)C(N)=O. The van der Waals surface area contributed by atoms with Gasteiger partial charge < -0.3 is 20.5 Å². The third kappa shape index (κ3) is 6.87. The molecule has 1 aromatic rings. The summed E-state index contributed by atoms with van der Waals surface area (Å²) in [5.74, 6) is -0.944. The van der Waals surface area contributed by atoms with Crippen molar-refractivity contribution in [2.75, 3.05) is 26.9 Å². The molecular formula is C14H19IN2O4. The predicted molar refractivity (Wildman–Crippen MR) is 86.7 cm³/mol. The molecule has 0 aromatic heterocycles. The molecule has 0 fully saturated rings. The van der Waals surface area contributed by atoms with Gasteiger partial charge in [0.25, 0.3) is 0 Å². The Hall–Kier alpha value is -1.19. The lowest BCUT2D eigenvalue weighted by Gasteiger charge is -2.16. The number of halogens is 1. The fourth-order valence-electron chi connectivity index (χ4n) is 1.65. The summed E-state index contributed by atoms with van der Waals surface area (Å²) in [6.07, 6.45) is 0.359. The fourth-order valence-corrected chi connectivity index (χ4v) is 2.26. The predicted octanol–water partition coefficient (Wildman–Crippen LogP) is 0.467. The van der Waals surface area contributed by atoms with Crippen molar-refractivity contribution >= 4 is 34.4 Å². The third-order valence-corrected chi connectivity index (χ3v) is 3.78. The van der Waals surface area contributed by atoms with Gasteiger partial charge in [0.05, 0.1) is 13.2 Å². The number of primary amides is 1. The van der Waals surface area contributed by atoms with Crippen molar-refractivity contribution in [1.29, 1.82) is 0 Å². The van der Waals surface area contributed by atoms with Gasteiger partial charge in [-0.15, -0.1) is 0 Å². The molecule has 1 rings (SSSR count). The van der Waals surface area contributed by atoms with E-state index in [4.69, 9.17) is 15.2 Å². The van der Waals surface area contributed by atoms with Gasteiger partial charge in [0, 0.05) is 17.1 Å². The van der Waals surface area contributed by atoms with Crippen molar-refractivity contribution in [3.05, 3.63) is 33.4 Å². The maximum atomic E-state index is 11.7. The minimum Gasteiger partial charge on any atom is -0.382 e. The molecule has 0 aliphatic carbocycles. The molecule has 0 saturated heterocycles. The maximum Gasteiger partial charge on any atom is 0.246 e. The van der Waals surface area contributed by atoms with E-state index in [2.05, 4.69) is 27.9 Å². The van der Waals surface area contributed by atoms with Crippen LogP contribution in [-0.4, -0.2) is 44.8 Å². The molecule has 1 aromatic carbocycles. The lowest BCUT2D eigenvalue weighted by atomic mass is 10.1. The van der Waals surface area contributed by atoms with Crippen molar-refractivity contribution in [1.82, 2.24) is 5.32 Å². The Kier molecular flexibility index (Phi) is 8.24. The number of amides is 2. The van der Waals surface area contributed by atoms with E-state index in [1.807, 2.05) is 24.3 Å². The second-order valence-corrected chi connectivity index (χ2v) is 5.53. The van der Waals surface area contributed by atoms with Crippen molar-refractivity contribution < 1.29 is 19.1 Å². The minimum atomic E-state index is -0.751. The first-order valence-electron chi connectivity index (χ1n) is 6.43. The average Bonchev–Trinajstić information content (AvgIpc) is 2.45. The van der Waals surface area contributed by atoms with E-state index >= 15 is 0 Å². The van der Waals surface area contributed by atoms with Crippen LogP contribution < -0.4 is 11.1 Å². The molecule has 1 atom stereocenters. The van der Waals surface area contributed by atoms with E-state index in [9.17, 15) is 9.59 Å². The van der Waals surface area contributed by atoms with Crippen molar-refractivity contribution in [2.45, 2.75) is 12.5 Å². The standard InChI is InChI=1S/C14H19IN2O4/c1-20-6-7-21-9-13(18)17-12(14(16)19)8-10-4-2-3-5-11(10)15/h2-5,12H,6-9H2,1H3,(H2,16,19)(H,17,18)/t12-/m0/s1. The Balaban J connectivity index is 2.52. The van der Waals surface area contributed by atoms with Crippen molar-refractivity contribution in [3.8, 4) is 0 Å². The summed E-state index contributed by atoms with van der Waals surface area (Å²) >= 11 is 2.18. The number of methoxy groups -OCH3 is 1. The van der Waals surface area contributed by atoms with Crippen LogP contribution in [0.5, 0.6) is 0 Å². The number of ether oxygens (including phenoxy) is 2. The zero-order chi connectivity index (χ0) is 15.7. The molecule has 0 unspecified atom stereocenters. The Morgan fingerprint density at radius 2 is 2.05 bits per heavy atom. The molecule has 0 radical (unpaired) electrons. The second kappa shape index (κ2) is 9.69. The van der Waals surface area contributed by atoms with E-state index in [1.165, 1.54) is 0 Å². The van der Waals surface area contributed by atoms with Gasteiger partial charge in [0.15, 0.2) is 0 Å². The maximum absolute atomic E-state index is 11.7. The van der Waals surface area contributed by atoms with Gasteiger partial charge >= 0.3 is 0 Å². The first kappa shape index (κ1) is 17.9. The largest absolute Gasteiger partial charge is 0.382 e. The number of hydrogen-bond donors (Lipinski definition) is 2. The van der Waals surface area contributed by atoms with Gasteiger partial charge in [-0.3, -0.25) is 9.59 Å². The molecule has 0 saturated carbocycles. The monoisotopic (exact) mass is 406 g/mol. The fraction of sp³-hybridized carbons (Fsp3) is 0.429. The zero-order valence-electron chi connectivity index (χ0n) is 11.8. The Morgan fingerprint density at radius 1 is 1.33 bits per heavy atom. The number of carbonyl (C=O) groups excluding carboxylic acids is 2. The van der Waals surface area contributed by atoms with Crippen molar-refractivity contribution in [3.63, 3.8) is 0 Å². The van der Waals surface area contributed by atoms with E-state index in [1.54, 1.807) is 7.11 Å². The van der Waals surface area contributed by atoms with Crippen LogP contribution in [0.15, 0.2) is 24.3 Å². The third-order valence-electron chi connectivity index (χ3n) is 2.73. The topological polar surface area (TPSA) is 90.7 Å². The molecule has 3 N–H and O–H groups in total. The summed E-state index contributed by atoms with van der Waals surface area (Å²) in [4.78, 5) is 23.2. The zero-order valence-corrected chi connectivity index (χ0v) is 14.0. The normalized spacial score (nSPS) is 11.9. The van der Waals surface area contributed by atoms with E-state index in [0.717, 1.165) is 9.13 Å². The Labute approximate surface area is 137 Å². The van der Waals surface area contributed by atoms with Crippen LogP contribution in [0.25, 0.3) is 0 Å². The lowest BCUT2D eigenvalue weighted by molar-refractivity contribution is -0.130. The number of benzene rings is 1. The first-order chi connectivity index (χ1) is 10.0. The molecule has 0 spiro atoms. The summed E-state index contributed by atoms with van der Waals surface area (Å²) in [6.45, 7) is 0.607. The molecule has 21 heavy (non-hydrogen) atoms. The first-order valence-corrected chi connectivity index (χ1v) is 7.51. The highest BCUT2D eigenvalue weighted by molar-refractivity contribution is 14.1. The molecule has 0 aliphatic heterocycles. The van der Waals surface area contributed by atoms with Crippen LogP contribution in [-0.2, 0) is 25.5 Å². The van der Waals surface area contributed by atoms with Crippen LogP contribution in [0.1, 0.15) is 5.56 Å². The lowest BCUT2D eigenvalue weighted by Crippen LogP contribution is -2.47. The van der Waals surface area contributed by atoms with Crippen molar-refractivity contribution in [2.24, 2.45) is 5.73 Å². The van der Waals surface area contributed by atoms with E-state index in [-0.39, 0.29) is 12.5 Å². The summed E-state index contributed by atoms with van der Waals surface area (Å²) in [5, 5.41) is 2.59. The number of rotatable bonds is 9. The molecule has 0 bridgehead atoms. The van der Waals surface area contributed by atoms with E-state index < -0.39 is 11.9 Å². The molecule has 7 heteroatoms. The molecule has 6 nitrogen and oxygen atoms in total. The Morgan fingerprint density at radius 3 is 2.67 bits per heavy atom. The van der Waals surface area contributed by atoms with Gasteiger partial charge in [0.1, 0.15) is 12.6 Å². The molecule has 0 aliphatic rings. The highest BCUT2D eigenvalue weighted by atomic mass is 127. The number of nitrogens with one attached hydrogen (secondary N) is 1. The van der Waals surface area contributed by atoms with Gasteiger partial charge in [-0.2, -0.15) is 0 Å². The van der Waals surface area contributed by atoms with Crippen LogP contribution >= 0.6 is 22.6 Å².